The van der Waals surface area contributed by atoms with Crippen LogP contribution in [-0.2, 0) is 0 Å². The van der Waals surface area contributed by atoms with Gasteiger partial charge in [0.2, 0.25) is 5.82 Å². The van der Waals surface area contributed by atoms with Crippen LogP contribution in [-0.4, -0.2) is 40.1 Å². The van der Waals surface area contributed by atoms with E-state index >= 15 is 0 Å². The molecule has 1 amide bonds. The minimum absolute atomic E-state index is 0.181. The lowest BCUT2D eigenvalue weighted by Gasteiger charge is -2.08. The number of benzene rings is 1. The number of aromatic amines is 1. The fourth-order valence-electron chi connectivity index (χ4n) is 1.89. The van der Waals surface area contributed by atoms with E-state index in [2.05, 4.69) is 41.2 Å². The molecule has 0 saturated heterocycles. The second kappa shape index (κ2) is 5.86. The van der Waals surface area contributed by atoms with Crippen molar-refractivity contribution in [1.82, 2.24) is 20.1 Å². The Hall–Kier alpha value is -2.17. The highest BCUT2D eigenvalue weighted by molar-refractivity contribution is 5.90. The second-order valence-corrected chi connectivity index (χ2v) is 5.14. The Morgan fingerprint density at radius 3 is 2.50 bits per heavy atom. The van der Waals surface area contributed by atoms with Gasteiger partial charge in [-0.2, -0.15) is 5.10 Å². The van der Waals surface area contributed by atoms with Crippen LogP contribution in [0.1, 0.15) is 42.4 Å². The van der Waals surface area contributed by atoms with Crippen LogP contribution in [0.5, 0.6) is 0 Å². The van der Waals surface area contributed by atoms with E-state index < -0.39 is 0 Å². The molecule has 2 rings (SSSR count). The molecular weight excluding hydrogens is 252 g/mol. The molecule has 20 heavy (non-hydrogen) atoms. The van der Waals surface area contributed by atoms with Crippen molar-refractivity contribution < 1.29 is 4.79 Å². The highest BCUT2D eigenvalue weighted by atomic mass is 16.2. The van der Waals surface area contributed by atoms with Gasteiger partial charge in [0.1, 0.15) is 0 Å². The molecule has 5 heteroatoms. The number of nitrogens with zero attached hydrogens (tertiary/aromatic N) is 3. The molecule has 0 spiro atoms. The van der Waals surface area contributed by atoms with Gasteiger partial charge in [-0.3, -0.25) is 9.89 Å². The molecule has 1 aromatic carbocycles. The van der Waals surface area contributed by atoms with Gasteiger partial charge in [-0.05, 0) is 17.9 Å². The predicted molar refractivity (Wildman–Crippen MR) is 78.5 cm³/mol. The van der Waals surface area contributed by atoms with Gasteiger partial charge in [0, 0.05) is 19.7 Å². The van der Waals surface area contributed by atoms with Gasteiger partial charge in [0.25, 0.3) is 5.91 Å². The minimum atomic E-state index is -0.181. The summed E-state index contributed by atoms with van der Waals surface area (Å²) >= 11 is 0. The van der Waals surface area contributed by atoms with E-state index in [9.17, 15) is 4.79 Å². The molecular formula is C15H20N4O. The Morgan fingerprint density at radius 1 is 1.30 bits per heavy atom. The van der Waals surface area contributed by atoms with E-state index in [1.807, 2.05) is 12.1 Å². The predicted octanol–water partition coefficient (Wildman–Crippen LogP) is 2.69. The monoisotopic (exact) mass is 272 g/mol. The summed E-state index contributed by atoms with van der Waals surface area (Å²) in [5.74, 6) is 1.17. The number of H-pyrrole nitrogens is 1. The van der Waals surface area contributed by atoms with Crippen LogP contribution in [0.25, 0.3) is 11.4 Å². The number of rotatable bonds is 4. The third-order valence-corrected chi connectivity index (χ3v) is 3.44. The van der Waals surface area contributed by atoms with Crippen molar-refractivity contribution in [3.05, 3.63) is 35.7 Å². The SMILES string of the molecule is CC[C@H](C)c1ccc(-c2n[nH]c(C(=O)N(C)C)n2)cc1. The summed E-state index contributed by atoms with van der Waals surface area (Å²) < 4.78 is 0. The van der Waals surface area contributed by atoms with Crippen molar-refractivity contribution in [2.75, 3.05) is 14.1 Å². The number of carbonyl (C=O) groups is 1. The summed E-state index contributed by atoms with van der Waals surface area (Å²) in [6.45, 7) is 4.38. The quantitative estimate of drug-likeness (QED) is 0.930. The van der Waals surface area contributed by atoms with Crippen LogP contribution in [0.4, 0.5) is 0 Å². The molecule has 0 bridgehead atoms. The largest absolute Gasteiger partial charge is 0.342 e. The summed E-state index contributed by atoms with van der Waals surface area (Å²) in [6, 6.07) is 8.17. The van der Waals surface area contributed by atoms with Crippen LogP contribution in [0.15, 0.2) is 24.3 Å². The molecule has 0 unspecified atom stereocenters. The maximum Gasteiger partial charge on any atom is 0.290 e. The van der Waals surface area contributed by atoms with Gasteiger partial charge in [-0.1, -0.05) is 38.1 Å². The number of carbonyl (C=O) groups excluding carboxylic acids is 1. The average molecular weight is 272 g/mol. The third-order valence-electron chi connectivity index (χ3n) is 3.44. The van der Waals surface area contributed by atoms with Gasteiger partial charge in [-0.15, -0.1) is 0 Å². The summed E-state index contributed by atoms with van der Waals surface area (Å²) in [5.41, 5.74) is 2.21. The number of nitrogens with one attached hydrogen (secondary N) is 1. The standard InChI is InChI=1S/C15H20N4O/c1-5-10(2)11-6-8-12(9-7-11)13-16-14(18-17-13)15(20)19(3)4/h6-10H,5H2,1-4H3,(H,16,17,18)/t10-/m0/s1. The number of hydrogen-bond donors (Lipinski definition) is 1. The zero-order valence-electron chi connectivity index (χ0n) is 12.3. The molecule has 0 aliphatic carbocycles. The van der Waals surface area contributed by atoms with Gasteiger partial charge in [0.05, 0.1) is 0 Å². The van der Waals surface area contributed by atoms with Crippen molar-refractivity contribution in [2.45, 2.75) is 26.2 Å². The van der Waals surface area contributed by atoms with E-state index in [0.29, 0.717) is 11.7 Å². The Bertz CT molecular complexity index is 586. The minimum Gasteiger partial charge on any atom is -0.342 e. The molecule has 106 valence electrons. The van der Waals surface area contributed by atoms with Gasteiger partial charge >= 0.3 is 0 Å². The fourth-order valence-corrected chi connectivity index (χ4v) is 1.89. The van der Waals surface area contributed by atoms with Crippen LogP contribution >= 0.6 is 0 Å². The van der Waals surface area contributed by atoms with E-state index in [1.54, 1.807) is 14.1 Å². The Balaban J connectivity index is 2.22. The van der Waals surface area contributed by atoms with Crippen molar-refractivity contribution >= 4 is 5.91 Å². The van der Waals surface area contributed by atoms with E-state index in [0.717, 1.165) is 12.0 Å². The van der Waals surface area contributed by atoms with Crippen molar-refractivity contribution in [1.29, 1.82) is 0 Å². The summed E-state index contributed by atoms with van der Waals surface area (Å²) in [4.78, 5) is 17.5. The highest BCUT2D eigenvalue weighted by Gasteiger charge is 2.14. The van der Waals surface area contributed by atoms with Crippen molar-refractivity contribution in [2.24, 2.45) is 0 Å². The van der Waals surface area contributed by atoms with Crippen molar-refractivity contribution in [3.8, 4) is 11.4 Å². The lowest BCUT2D eigenvalue weighted by atomic mass is 9.97. The summed E-state index contributed by atoms with van der Waals surface area (Å²) in [7, 11) is 3.37. The molecule has 0 fully saturated rings. The van der Waals surface area contributed by atoms with E-state index in [1.165, 1.54) is 10.5 Å². The van der Waals surface area contributed by atoms with E-state index in [-0.39, 0.29) is 11.7 Å². The first-order valence-corrected chi connectivity index (χ1v) is 6.77. The number of hydrogen-bond acceptors (Lipinski definition) is 3. The lowest BCUT2D eigenvalue weighted by Crippen LogP contribution is -2.22. The van der Waals surface area contributed by atoms with Crippen LogP contribution in [0, 0.1) is 0 Å². The molecule has 2 aromatic rings. The first kappa shape index (κ1) is 14.2. The first-order valence-electron chi connectivity index (χ1n) is 6.77. The molecule has 0 radical (unpaired) electrons. The highest BCUT2D eigenvalue weighted by Crippen LogP contribution is 2.22. The Morgan fingerprint density at radius 2 is 1.95 bits per heavy atom. The lowest BCUT2D eigenvalue weighted by molar-refractivity contribution is 0.0816. The summed E-state index contributed by atoms with van der Waals surface area (Å²) in [5, 5.41) is 6.78. The zero-order valence-corrected chi connectivity index (χ0v) is 12.3. The van der Waals surface area contributed by atoms with Gasteiger partial charge in [-0.25, -0.2) is 4.98 Å². The Labute approximate surface area is 119 Å². The van der Waals surface area contributed by atoms with Gasteiger partial charge in [0.15, 0.2) is 5.82 Å². The smallest absolute Gasteiger partial charge is 0.290 e. The topological polar surface area (TPSA) is 61.9 Å². The third kappa shape index (κ3) is 2.87. The molecule has 1 aromatic heterocycles. The number of aromatic nitrogens is 3. The summed E-state index contributed by atoms with van der Waals surface area (Å²) in [6.07, 6.45) is 1.11. The molecule has 1 heterocycles. The van der Waals surface area contributed by atoms with Crippen LogP contribution in [0.3, 0.4) is 0 Å². The molecule has 0 aliphatic heterocycles. The molecule has 0 aliphatic rings. The fraction of sp³-hybridized carbons (Fsp3) is 0.400. The maximum absolute atomic E-state index is 11.8. The van der Waals surface area contributed by atoms with Crippen molar-refractivity contribution in [3.63, 3.8) is 0 Å². The number of amides is 1. The molecule has 0 saturated carbocycles. The Kier molecular flexibility index (Phi) is 4.17. The zero-order chi connectivity index (χ0) is 14.7. The second-order valence-electron chi connectivity index (χ2n) is 5.14. The van der Waals surface area contributed by atoms with Crippen LogP contribution < -0.4 is 0 Å². The molecule has 1 atom stereocenters. The average Bonchev–Trinajstić information content (AvgIpc) is 2.95. The van der Waals surface area contributed by atoms with E-state index in [4.69, 9.17) is 0 Å². The molecule has 1 N–H and O–H groups in total. The molecule has 5 nitrogen and oxygen atoms in total. The first-order chi connectivity index (χ1) is 9.52. The normalized spacial score (nSPS) is 12.2. The maximum atomic E-state index is 11.8. The van der Waals surface area contributed by atoms with Gasteiger partial charge < -0.3 is 4.90 Å². The van der Waals surface area contributed by atoms with Crippen LogP contribution in [0.2, 0.25) is 0 Å².